The van der Waals surface area contributed by atoms with E-state index in [0.717, 1.165) is 0 Å². The van der Waals surface area contributed by atoms with Gasteiger partial charge in [0.25, 0.3) is 0 Å². The Morgan fingerprint density at radius 1 is 0.526 bits per heavy atom. The second-order valence-electron chi connectivity index (χ2n) is 5.12. The number of rotatable bonds is 0. The van der Waals surface area contributed by atoms with E-state index in [4.69, 9.17) is 0 Å². The quantitative estimate of drug-likeness (QED) is 0.359. The van der Waals surface area contributed by atoms with Crippen molar-refractivity contribution in [1.29, 1.82) is 0 Å². The van der Waals surface area contributed by atoms with E-state index in [0.29, 0.717) is 0 Å². The van der Waals surface area contributed by atoms with E-state index >= 15 is 0 Å². The molecule has 4 rings (SSSR count). The van der Waals surface area contributed by atoms with Gasteiger partial charge in [-0.05, 0) is 44.8 Å². The fourth-order valence-electron chi connectivity index (χ4n) is 3.04. The molecule has 0 radical (unpaired) electrons. The zero-order chi connectivity index (χ0) is 12.8. The van der Waals surface area contributed by atoms with Crippen LogP contribution in [0.1, 0.15) is 5.56 Å². The highest BCUT2D eigenvalue weighted by Gasteiger charge is 2.06. The van der Waals surface area contributed by atoms with Crippen LogP contribution in [0.3, 0.4) is 0 Å². The molecule has 0 saturated heterocycles. The van der Waals surface area contributed by atoms with E-state index in [9.17, 15) is 0 Å². The van der Waals surface area contributed by atoms with E-state index in [1.54, 1.807) is 0 Å². The van der Waals surface area contributed by atoms with E-state index < -0.39 is 0 Å². The Kier molecular flexibility index (Phi) is 2.13. The van der Waals surface area contributed by atoms with Gasteiger partial charge < -0.3 is 0 Å². The van der Waals surface area contributed by atoms with E-state index in [-0.39, 0.29) is 0 Å². The number of fused-ring (bicyclic) bond motifs is 5. The summed E-state index contributed by atoms with van der Waals surface area (Å²) in [5.41, 5.74) is 1.35. The molecule has 0 atom stereocenters. The number of benzene rings is 4. The van der Waals surface area contributed by atoms with Gasteiger partial charge in [-0.15, -0.1) is 0 Å². The summed E-state index contributed by atoms with van der Waals surface area (Å²) in [5.74, 6) is 0. The number of aryl methyl sites for hydroxylation is 1. The molecule has 90 valence electrons. The predicted molar refractivity (Wildman–Crippen MR) is 83.7 cm³/mol. The molecule has 0 aromatic heterocycles. The first-order valence-electron chi connectivity index (χ1n) is 6.64. The molecule has 19 heavy (non-hydrogen) atoms. The van der Waals surface area contributed by atoms with Crippen molar-refractivity contribution in [3.05, 3.63) is 72.3 Å². The van der Waals surface area contributed by atoms with Gasteiger partial charge in [0, 0.05) is 0 Å². The topological polar surface area (TPSA) is 0 Å². The lowest BCUT2D eigenvalue weighted by Gasteiger charge is -2.10. The molecule has 0 heteroatoms. The van der Waals surface area contributed by atoms with Gasteiger partial charge in [-0.3, -0.25) is 0 Å². The van der Waals surface area contributed by atoms with Gasteiger partial charge in [-0.1, -0.05) is 66.7 Å². The molecule has 0 saturated carbocycles. The monoisotopic (exact) mass is 242 g/mol. The summed E-state index contributed by atoms with van der Waals surface area (Å²) < 4.78 is 0. The number of hydrogen-bond acceptors (Lipinski definition) is 0. The second kappa shape index (κ2) is 3.83. The molecule has 4 aromatic carbocycles. The molecule has 0 aliphatic carbocycles. The minimum atomic E-state index is 1.31. The van der Waals surface area contributed by atoms with Crippen LogP contribution in [0, 0.1) is 6.92 Å². The third kappa shape index (κ3) is 1.47. The van der Waals surface area contributed by atoms with Crippen molar-refractivity contribution >= 4 is 32.3 Å². The Hall–Kier alpha value is -2.34. The molecule has 0 fully saturated rings. The smallest absolute Gasteiger partial charge is 0.00963 e. The lowest BCUT2D eigenvalue weighted by molar-refractivity contribution is 1.56. The normalized spacial score (nSPS) is 11.4. The van der Waals surface area contributed by atoms with Crippen LogP contribution in [0.4, 0.5) is 0 Å². The summed E-state index contributed by atoms with van der Waals surface area (Å²) >= 11 is 0. The average Bonchev–Trinajstić information content (AvgIpc) is 2.47. The van der Waals surface area contributed by atoms with Crippen molar-refractivity contribution in [2.75, 3.05) is 0 Å². The largest absolute Gasteiger partial charge is 0.0616 e. The SMILES string of the molecule is Cc1cc2c3ccccc3ccc2c2ccccc12. The molecule has 0 amide bonds. The van der Waals surface area contributed by atoms with Crippen LogP contribution >= 0.6 is 0 Å². The molecule has 0 bridgehead atoms. The van der Waals surface area contributed by atoms with Crippen molar-refractivity contribution in [2.24, 2.45) is 0 Å². The molecule has 4 aromatic rings. The van der Waals surface area contributed by atoms with Gasteiger partial charge in [0.1, 0.15) is 0 Å². The zero-order valence-corrected chi connectivity index (χ0v) is 10.9. The zero-order valence-electron chi connectivity index (χ0n) is 10.9. The van der Waals surface area contributed by atoms with Gasteiger partial charge in [0.15, 0.2) is 0 Å². The van der Waals surface area contributed by atoms with Crippen LogP contribution in [-0.4, -0.2) is 0 Å². The molecule has 0 aliphatic heterocycles. The summed E-state index contributed by atoms with van der Waals surface area (Å²) in [4.78, 5) is 0. The molecule has 0 spiro atoms. The molecule has 0 nitrogen and oxygen atoms in total. The fraction of sp³-hybridized carbons (Fsp3) is 0.0526. The van der Waals surface area contributed by atoms with Crippen LogP contribution in [0.2, 0.25) is 0 Å². The average molecular weight is 242 g/mol. The third-order valence-corrected chi connectivity index (χ3v) is 3.97. The minimum absolute atomic E-state index is 1.31. The summed E-state index contributed by atoms with van der Waals surface area (Å²) in [6.07, 6.45) is 0. The Labute approximate surface area is 112 Å². The maximum Gasteiger partial charge on any atom is -0.00963 e. The van der Waals surface area contributed by atoms with Gasteiger partial charge in [0.2, 0.25) is 0 Å². The van der Waals surface area contributed by atoms with Gasteiger partial charge in [0.05, 0.1) is 0 Å². The highest BCUT2D eigenvalue weighted by atomic mass is 14.1. The summed E-state index contributed by atoms with van der Waals surface area (Å²) in [5, 5.41) is 8.06. The van der Waals surface area contributed by atoms with Gasteiger partial charge in [-0.25, -0.2) is 0 Å². The molecule has 0 aliphatic rings. The fourth-order valence-corrected chi connectivity index (χ4v) is 3.04. The van der Waals surface area contributed by atoms with E-state index in [1.165, 1.54) is 37.9 Å². The van der Waals surface area contributed by atoms with Crippen LogP contribution in [0.25, 0.3) is 32.3 Å². The van der Waals surface area contributed by atoms with Gasteiger partial charge >= 0.3 is 0 Å². The summed E-state index contributed by atoms with van der Waals surface area (Å²) in [6, 6.07) is 24.1. The first kappa shape index (κ1) is 10.6. The third-order valence-electron chi connectivity index (χ3n) is 3.97. The lowest BCUT2D eigenvalue weighted by Crippen LogP contribution is -1.83. The first-order valence-corrected chi connectivity index (χ1v) is 6.64. The molecule has 0 N–H and O–H groups in total. The Morgan fingerprint density at radius 3 is 2.00 bits per heavy atom. The molecule has 0 unspecified atom stereocenters. The van der Waals surface area contributed by atoms with Gasteiger partial charge in [-0.2, -0.15) is 0 Å². The number of hydrogen-bond donors (Lipinski definition) is 0. The highest BCUT2D eigenvalue weighted by Crippen LogP contribution is 2.32. The van der Waals surface area contributed by atoms with Crippen LogP contribution < -0.4 is 0 Å². The summed E-state index contributed by atoms with van der Waals surface area (Å²) in [6.45, 7) is 2.20. The van der Waals surface area contributed by atoms with Crippen molar-refractivity contribution in [3.8, 4) is 0 Å². The molecule has 0 heterocycles. The Balaban J connectivity index is 2.34. The van der Waals surface area contributed by atoms with Crippen molar-refractivity contribution < 1.29 is 0 Å². The molecular weight excluding hydrogens is 228 g/mol. The Bertz CT molecular complexity index is 917. The Morgan fingerprint density at radius 2 is 1.16 bits per heavy atom. The maximum atomic E-state index is 2.32. The van der Waals surface area contributed by atoms with E-state index in [2.05, 4.69) is 73.7 Å². The highest BCUT2D eigenvalue weighted by molar-refractivity contribution is 6.17. The second-order valence-corrected chi connectivity index (χ2v) is 5.12. The minimum Gasteiger partial charge on any atom is -0.0616 e. The van der Waals surface area contributed by atoms with Crippen molar-refractivity contribution in [3.63, 3.8) is 0 Å². The first-order chi connectivity index (χ1) is 9.34. The molecular formula is C19H14. The summed E-state index contributed by atoms with van der Waals surface area (Å²) in [7, 11) is 0. The van der Waals surface area contributed by atoms with Crippen LogP contribution in [0.15, 0.2) is 66.7 Å². The van der Waals surface area contributed by atoms with E-state index in [1.807, 2.05) is 0 Å². The van der Waals surface area contributed by atoms with Crippen molar-refractivity contribution in [1.82, 2.24) is 0 Å². The van der Waals surface area contributed by atoms with Crippen LogP contribution in [0.5, 0.6) is 0 Å². The predicted octanol–water partition coefficient (Wildman–Crippen LogP) is 5.45. The lowest BCUT2D eigenvalue weighted by atomic mass is 9.94. The standard InChI is InChI=1S/C19H14/c1-13-12-19-16-8-3-2-6-14(16)10-11-18(19)17-9-5-4-7-15(13)17/h2-12H,1H3. The van der Waals surface area contributed by atoms with Crippen LogP contribution in [-0.2, 0) is 0 Å². The maximum absolute atomic E-state index is 2.32. The van der Waals surface area contributed by atoms with Crippen molar-refractivity contribution in [2.45, 2.75) is 6.92 Å².